The molecule has 0 heterocycles. The van der Waals surface area contributed by atoms with E-state index in [-0.39, 0.29) is 31.5 Å². The maximum atomic E-state index is 13.5. The van der Waals surface area contributed by atoms with Gasteiger partial charge in [0, 0.05) is 12.8 Å². The van der Waals surface area contributed by atoms with Crippen LogP contribution >= 0.6 is 7.82 Å². The van der Waals surface area contributed by atoms with Crippen LogP contribution in [0.25, 0.3) is 0 Å². The van der Waals surface area contributed by atoms with Gasteiger partial charge in [0.25, 0.3) is 7.82 Å². The molecule has 0 saturated heterocycles. The Morgan fingerprint density at radius 3 is 1.26 bits per heavy atom. The van der Waals surface area contributed by atoms with Crippen LogP contribution in [0.3, 0.4) is 0 Å². The number of rotatable bonds is 54. The Labute approximate surface area is 434 Å². The number of carbonyl (C=O) groups excluding carboxylic acids is 2. The molecule has 0 radical (unpaired) electrons. The maximum absolute atomic E-state index is 13.5. The van der Waals surface area contributed by atoms with Gasteiger partial charge in [-0.1, -0.05) is 231 Å². The molecule has 0 bridgehead atoms. The normalized spacial score (nSPS) is 14.0. The first-order chi connectivity index (χ1) is 33.9. The number of likely N-dealkylation sites (N-methyl/N-ethyl adjacent to an activating group) is 1. The summed E-state index contributed by atoms with van der Waals surface area (Å²) in [6.07, 6.45) is 59.7. The predicted molar refractivity (Wildman–Crippen MR) is 298 cm³/mol. The molecule has 10 heteroatoms. The van der Waals surface area contributed by atoms with Crippen LogP contribution < -0.4 is 10.2 Å². The van der Waals surface area contributed by atoms with Gasteiger partial charge in [-0.3, -0.25) is 14.2 Å². The summed E-state index contributed by atoms with van der Waals surface area (Å²) in [5, 5.41) is 3.02. The Hall–Kier alpha value is -1.77. The Morgan fingerprint density at radius 2 is 0.843 bits per heavy atom. The molecule has 3 atom stereocenters. The first kappa shape index (κ1) is 68.2. The fraction of sp³-hybridized carbons (Fsp3) is 0.867. The molecule has 9 nitrogen and oxygen atoms in total. The molecule has 0 fully saturated rings. The van der Waals surface area contributed by atoms with Crippen LogP contribution in [0.5, 0.6) is 0 Å². The minimum Gasteiger partial charge on any atom is -0.756 e. The highest BCUT2D eigenvalue weighted by Crippen LogP contribution is 2.38. The van der Waals surface area contributed by atoms with Crippen LogP contribution in [0.4, 0.5) is 0 Å². The molecule has 1 amide bonds. The highest BCUT2D eigenvalue weighted by molar-refractivity contribution is 7.45. The Bertz CT molecular complexity index is 1300. The van der Waals surface area contributed by atoms with E-state index in [9.17, 15) is 19.0 Å². The number of amides is 1. The average molecular weight is 1010 g/mol. The molecule has 0 aliphatic rings. The number of esters is 1. The zero-order valence-corrected chi connectivity index (χ0v) is 47.9. The quantitative estimate of drug-likeness (QED) is 0.0212. The highest BCUT2D eigenvalue weighted by atomic mass is 31.2. The number of ether oxygens (including phenoxy) is 1. The minimum absolute atomic E-state index is 0.0222. The summed E-state index contributed by atoms with van der Waals surface area (Å²) in [5.74, 6) is -0.545. The van der Waals surface area contributed by atoms with Gasteiger partial charge in [-0.25, -0.2) is 0 Å². The van der Waals surface area contributed by atoms with Gasteiger partial charge in [0.05, 0.1) is 33.8 Å². The molecule has 70 heavy (non-hydrogen) atoms. The second kappa shape index (κ2) is 50.7. The molecule has 412 valence electrons. The molecule has 1 N–H and O–H groups in total. The van der Waals surface area contributed by atoms with Crippen molar-refractivity contribution in [2.45, 2.75) is 296 Å². The van der Waals surface area contributed by atoms with Crippen molar-refractivity contribution in [1.82, 2.24) is 5.32 Å². The first-order valence-corrected chi connectivity index (χ1v) is 31.3. The molecule has 0 aliphatic carbocycles. The van der Waals surface area contributed by atoms with E-state index >= 15 is 0 Å². The molecule has 0 aromatic heterocycles. The summed E-state index contributed by atoms with van der Waals surface area (Å²) in [6, 6.07) is -0.888. The zero-order chi connectivity index (χ0) is 51.5. The fourth-order valence-corrected chi connectivity index (χ4v) is 9.34. The third-order valence-electron chi connectivity index (χ3n) is 13.3. The standard InChI is InChI=1S/C60H115N2O7P/c1-7-10-13-16-19-22-25-27-28-29-30-31-32-33-34-35-38-40-43-46-49-52-59(63)61-57(56-68-70(65,66)67-55-54-62(4,5)6)58(51-48-45-42-39-37-26-23-20-17-14-11-8-2)69-60(64)53-50-47-44-41-36-24-21-18-15-12-9-3/h18,21,27-28,48,51,57-58H,7-17,19-20,22-26,29-47,49-50,52-56H2,1-6H3,(H-,61,63,65,66)/b21-18-,28-27+,51-48-. The van der Waals surface area contributed by atoms with Gasteiger partial charge in [0.2, 0.25) is 5.91 Å². The van der Waals surface area contributed by atoms with E-state index in [0.29, 0.717) is 17.4 Å². The molecule has 0 aromatic rings. The van der Waals surface area contributed by atoms with E-state index in [4.69, 9.17) is 13.8 Å². The Balaban J connectivity index is 5.18. The minimum atomic E-state index is -4.69. The number of carbonyl (C=O) groups is 2. The van der Waals surface area contributed by atoms with Crippen molar-refractivity contribution < 1.29 is 37.3 Å². The lowest BCUT2D eigenvalue weighted by atomic mass is 10.0. The van der Waals surface area contributed by atoms with Crippen molar-refractivity contribution in [3.63, 3.8) is 0 Å². The molecule has 3 unspecified atom stereocenters. The van der Waals surface area contributed by atoms with Crippen molar-refractivity contribution >= 4 is 19.7 Å². The number of quaternary nitrogens is 1. The van der Waals surface area contributed by atoms with Gasteiger partial charge >= 0.3 is 5.97 Å². The van der Waals surface area contributed by atoms with E-state index in [1.165, 1.54) is 167 Å². The number of allylic oxidation sites excluding steroid dienone is 5. The van der Waals surface area contributed by atoms with Gasteiger partial charge in [-0.2, -0.15) is 0 Å². The Kier molecular flexibility index (Phi) is 49.5. The smallest absolute Gasteiger partial charge is 0.306 e. The third-order valence-corrected chi connectivity index (χ3v) is 14.3. The number of nitrogens with zero attached hydrogens (tertiary/aromatic N) is 1. The van der Waals surface area contributed by atoms with Crippen molar-refractivity contribution in [2.75, 3.05) is 40.9 Å². The lowest BCUT2D eigenvalue weighted by molar-refractivity contribution is -0.870. The number of phosphoric ester groups is 1. The van der Waals surface area contributed by atoms with Gasteiger partial charge in [0.1, 0.15) is 19.3 Å². The van der Waals surface area contributed by atoms with Crippen LogP contribution in [0, 0.1) is 0 Å². The van der Waals surface area contributed by atoms with Crippen molar-refractivity contribution in [1.29, 1.82) is 0 Å². The summed E-state index contributed by atoms with van der Waals surface area (Å²) in [5.41, 5.74) is 0. The van der Waals surface area contributed by atoms with Crippen molar-refractivity contribution in [3.05, 3.63) is 36.5 Å². The molecule has 0 spiro atoms. The largest absolute Gasteiger partial charge is 0.756 e. The van der Waals surface area contributed by atoms with Crippen LogP contribution in [-0.2, 0) is 27.9 Å². The van der Waals surface area contributed by atoms with E-state index in [1.54, 1.807) is 0 Å². The lowest BCUT2D eigenvalue weighted by Crippen LogP contribution is -2.47. The van der Waals surface area contributed by atoms with Crippen LogP contribution in [0.15, 0.2) is 36.5 Å². The molecule has 0 saturated carbocycles. The number of unbranched alkanes of at least 4 members (excludes halogenated alkanes) is 34. The SMILES string of the molecule is CCCC/C=C\CCCCCCCC(=O)OC(/C=C\CCCCCCCCCCCC)C(COP(=O)([O-])OCC[N+](C)(C)C)NC(=O)CCCCCCCCCCCCC/C=C/CCCCCCCC. The summed E-state index contributed by atoms with van der Waals surface area (Å²) in [6.45, 7) is 6.81. The van der Waals surface area contributed by atoms with E-state index in [0.717, 1.165) is 83.5 Å². The average Bonchev–Trinajstić information content (AvgIpc) is 3.32. The first-order valence-electron chi connectivity index (χ1n) is 29.8. The molecular formula is C60H115N2O7P. The van der Waals surface area contributed by atoms with Gasteiger partial charge in [-0.15, -0.1) is 0 Å². The monoisotopic (exact) mass is 1010 g/mol. The summed E-state index contributed by atoms with van der Waals surface area (Å²) in [7, 11) is 1.19. The number of hydrogen-bond donors (Lipinski definition) is 1. The summed E-state index contributed by atoms with van der Waals surface area (Å²) >= 11 is 0. The van der Waals surface area contributed by atoms with Crippen LogP contribution in [-0.4, -0.2) is 69.4 Å². The van der Waals surface area contributed by atoms with E-state index < -0.39 is 20.0 Å². The van der Waals surface area contributed by atoms with Crippen LogP contribution in [0.2, 0.25) is 0 Å². The second-order valence-electron chi connectivity index (χ2n) is 21.5. The molecular weight excluding hydrogens is 892 g/mol. The number of phosphoric acid groups is 1. The van der Waals surface area contributed by atoms with E-state index in [2.05, 4.69) is 50.4 Å². The van der Waals surface area contributed by atoms with Crippen molar-refractivity contribution in [3.8, 4) is 0 Å². The van der Waals surface area contributed by atoms with Crippen molar-refractivity contribution in [2.24, 2.45) is 0 Å². The number of hydrogen-bond acceptors (Lipinski definition) is 7. The number of nitrogens with one attached hydrogen (secondary N) is 1. The molecule has 0 aromatic carbocycles. The maximum Gasteiger partial charge on any atom is 0.306 e. The van der Waals surface area contributed by atoms with Gasteiger partial charge in [-0.05, 0) is 76.7 Å². The van der Waals surface area contributed by atoms with Gasteiger partial charge in [0.15, 0.2) is 0 Å². The lowest BCUT2D eigenvalue weighted by Gasteiger charge is -2.30. The zero-order valence-electron chi connectivity index (χ0n) is 47.0. The predicted octanol–water partition coefficient (Wildman–Crippen LogP) is 17.3. The highest BCUT2D eigenvalue weighted by Gasteiger charge is 2.27. The second-order valence-corrected chi connectivity index (χ2v) is 22.9. The summed E-state index contributed by atoms with van der Waals surface area (Å²) in [4.78, 5) is 39.8. The third kappa shape index (κ3) is 51.1. The molecule has 0 rings (SSSR count). The fourth-order valence-electron chi connectivity index (χ4n) is 8.62. The van der Waals surface area contributed by atoms with Crippen LogP contribution in [0.1, 0.15) is 284 Å². The topological polar surface area (TPSA) is 114 Å². The summed E-state index contributed by atoms with van der Waals surface area (Å²) < 4.78 is 30.2. The van der Waals surface area contributed by atoms with Gasteiger partial charge < -0.3 is 28.5 Å². The van der Waals surface area contributed by atoms with E-state index in [1.807, 2.05) is 33.3 Å². The molecule has 0 aliphatic heterocycles. The Morgan fingerprint density at radius 1 is 0.486 bits per heavy atom.